The van der Waals surface area contributed by atoms with Crippen LogP contribution in [0.5, 0.6) is 11.5 Å². The number of ether oxygens (including phenoxy) is 2. The fourth-order valence-electron chi connectivity index (χ4n) is 1.72. The zero-order valence-electron chi connectivity index (χ0n) is 12.9. The van der Waals surface area contributed by atoms with Crippen molar-refractivity contribution in [3.8, 4) is 11.5 Å². The van der Waals surface area contributed by atoms with Gasteiger partial charge in [-0.25, -0.2) is 9.59 Å². The lowest BCUT2D eigenvalue weighted by atomic mass is 10.2. The van der Waals surface area contributed by atoms with Crippen LogP contribution in [0.2, 0.25) is 0 Å². The van der Waals surface area contributed by atoms with Gasteiger partial charge >= 0.3 is 12.0 Å². The first kappa shape index (κ1) is 17.0. The minimum absolute atomic E-state index is 0.267. The predicted octanol–water partition coefficient (Wildman–Crippen LogP) is 2.09. The molecule has 0 heterocycles. The summed E-state index contributed by atoms with van der Waals surface area (Å²) in [7, 11) is 1.37. The number of amides is 3. The number of benzene rings is 2. The summed E-state index contributed by atoms with van der Waals surface area (Å²) in [4.78, 5) is 34.1. The molecule has 0 bridgehead atoms. The molecular formula is C17H16N2O5. The van der Waals surface area contributed by atoms with E-state index in [1.54, 1.807) is 12.1 Å². The first-order valence-electron chi connectivity index (χ1n) is 7.10. The second-order valence-corrected chi connectivity index (χ2v) is 4.64. The van der Waals surface area contributed by atoms with Gasteiger partial charge in [0.25, 0.3) is 5.91 Å². The summed E-state index contributed by atoms with van der Waals surface area (Å²) in [6, 6.07) is 14.8. The number of esters is 1. The van der Waals surface area contributed by atoms with Gasteiger partial charge in [-0.05, 0) is 36.4 Å². The fraction of sp³-hybridized carbons (Fsp3) is 0.118. The maximum atomic E-state index is 11.8. The summed E-state index contributed by atoms with van der Waals surface area (Å²) in [5.41, 5.74) is 0.267. The largest absolute Gasteiger partial charge is 0.457 e. The van der Waals surface area contributed by atoms with Gasteiger partial charge in [-0.1, -0.05) is 18.2 Å². The Labute approximate surface area is 138 Å². The molecule has 0 saturated heterocycles. The average molecular weight is 328 g/mol. The van der Waals surface area contributed by atoms with E-state index in [4.69, 9.17) is 9.47 Å². The van der Waals surface area contributed by atoms with Crippen LogP contribution in [0.3, 0.4) is 0 Å². The first-order chi connectivity index (χ1) is 11.6. The second-order valence-electron chi connectivity index (χ2n) is 4.64. The second kappa shape index (κ2) is 8.33. The van der Waals surface area contributed by atoms with E-state index in [2.05, 4.69) is 5.32 Å². The van der Waals surface area contributed by atoms with Crippen LogP contribution in [0, 0.1) is 0 Å². The van der Waals surface area contributed by atoms with Gasteiger partial charge in [0.1, 0.15) is 11.5 Å². The molecule has 2 aromatic rings. The Bertz CT molecular complexity index is 714. The van der Waals surface area contributed by atoms with E-state index < -0.39 is 24.5 Å². The monoisotopic (exact) mass is 328 g/mol. The third-order valence-corrected chi connectivity index (χ3v) is 2.88. The van der Waals surface area contributed by atoms with Crippen LogP contribution in [0.25, 0.3) is 0 Å². The van der Waals surface area contributed by atoms with Crippen LogP contribution in [0.15, 0.2) is 54.6 Å². The third kappa shape index (κ3) is 5.13. The summed E-state index contributed by atoms with van der Waals surface area (Å²) in [6.45, 7) is -0.547. The van der Waals surface area contributed by atoms with Crippen molar-refractivity contribution < 1.29 is 23.9 Å². The molecule has 0 saturated carbocycles. The lowest BCUT2D eigenvalue weighted by Gasteiger charge is -2.07. The molecule has 0 fully saturated rings. The Balaban J connectivity index is 1.87. The van der Waals surface area contributed by atoms with Crippen LogP contribution < -0.4 is 15.4 Å². The van der Waals surface area contributed by atoms with E-state index in [0.717, 1.165) is 0 Å². The molecule has 7 nitrogen and oxygen atoms in total. The van der Waals surface area contributed by atoms with Crippen LogP contribution >= 0.6 is 0 Å². The Hall–Kier alpha value is -3.35. The number of hydrogen-bond acceptors (Lipinski definition) is 5. The van der Waals surface area contributed by atoms with E-state index in [1.807, 2.05) is 35.6 Å². The van der Waals surface area contributed by atoms with Gasteiger partial charge in [0.2, 0.25) is 0 Å². The van der Waals surface area contributed by atoms with Gasteiger partial charge in [-0.15, -0.1) is 0 Å². The minimum Gasteiger partial charge on any atom is -0.457 e. The van der Waals surface area contributed by atoms with Crippen molar-refractivity contribution in [3.05, 3.63) is 60.2 Å². The molecule has 0 aliphatic carbocycles. The smallest absolute Gasteiger partial charge is 0.338 e. The molecule has 124 valence electrons. The van der Waals surface area contributed by atoms with Crippen molar-refractivity contribution in [1.29, 1.82) is 0 Å². The molecule has 0 aromatic heterocycles. The molecule has 0 aliphatic heterocycles. The number of imide groups is 1. The molecule has 2 rings (SSSR count). The number of carbonyl (C=O) groups is 3. The van der Waals surface area contributed by atoms with Gasteiger partial charge in [-0.2, -0.15) is 0 Å². The van der Waals surface area contributed by atoms with E-state index in [-0.39, 0.29) is 5.56 Å². The van der Waals surface area contributed by atoms with Gasteiger partial charge < -0.3 is 14.8 Å². The Morgan fingerprint density at radius 3 is 2.17 bits per heavy atom. The highest BCUT2D eigenvalue weighted by Gasteiger charge is 2.12. The number of para-hydroxylation sites is 1. The topological polar surface area (TPSA) is 93.7 Å². The molecular weight excluding hydrogens is 312 g/mol. The van der Waals surface area contributed by atoms with Crippen LogP contribution in [0.1, 0.15) is 10.4 Å². The molecule has 0 atom stereocenters. The minimum atomic E-state index is -0.716. The van der Waals surface area contributed by atoms with Crippen molar-refractivity contribution in [2.24, 2.45) is 0 Å². The number of carbonyl (C=O) groups excluding carboxylic acids is 3. The van der Waals surface area contributed by atoms with Crippen molar-refractivity contribution in [1.82, 2.24) is 10.6 Å². The van der Waals surface area contributed by atoms with Gasteiger partial charge in [-0.3, -0.25) is 10.1 Å². The highest BCUT2D eigenvalue weighted by Crippen LogP contribution is 2.21. The summed E-state index contributed by atoms with van der Waals surface area (Å²) >= 11 is 0. The normalized spacial score (nSPS) is 9.71. The quantitative estimate of drug-likeness (QED) is 0.820. The summed E-state index contributed by atoms with van der Waals surface area (Å²) in [6.07, 6.45) is 0. The number of nitrogens with one attached hydrogen (secondary N) is 2. The van der Waals surface area contributed by atoms with Crippen LogP contribution in [0.4, 0.5) is 4.79 Å². The number of rotatable bonds is 5. The standard InChI is InChI=1S/C17H16N2O5/c1-18-17(22)19-15(20)11-23-16(21)12-7-9-14(10-8-12)24-13-5-3-2-4-6-13/h2-10H,11H2,1H3,(H2,18,19,20,22). The van der Waals surface area contributed by atoms with E-state index >= 15 is 0 Å². The van der Waals surface area contributed by atoms with E-state index in [1.165, 1.54) is 19.2 Å². The molecule has 0 aliphatic rings. The third-order valence-electron chi connectivity index (χ3n) is 2.88. The summed E-state index contributed by atoms with van der Waals surface area (Å²) < 4.78 is 10.4. The lowest BCUT2D eigenvalue weighted by Crippen LogP contribution is -2.39. The van der Waals surface area contributed by atoms with E-state index in [9.17, 15) is 14.4 Å². The maximum absolute atomic E-state index is 11.8. The van der Waals surface area contributed by atoms with E-state index in [0.29, 0.717) is 11.5 Å². The SMILES string of the molecule is CNC(=O)NC(=O)COC(=O)c1ccc(Oc2ccccc2)cc1. The van der Waals surface area contributed by atoms with Gasteiger partial charge in [0.15, 0.2) is 6.61 Å². The summed E-state index contributed by atoms with van der Waals surface area (Å²) in [5.74, 6) is -0.145. The van der Waals surface area contributed by atoms with Gasteiger partial charge in [0.05, 0.1) is 5.56 Å². The molecule has 0 radical (unpaired) electrons. The van der Waals surface area contributed by atoms with Crippen LogP contribution in [-0.2, 0) is 9.53 Å². The molecule has 2 aromatic carbocycles. The van der Waals surface area contributed by atoms with Crippen molar-refractivity contribution in [3.63, 3.8) is 0 Å². The summed E-state index contributed by atoms with van der Waals surface area (Å²) in [5, 5.41) is 4.20. The van der Waals surface area contributed by atoms with Crippen molar-refractivity contribution in [2.75, 3.05) is 13.7 Å². The highest BCUT2D eigenvalue weighted by molar-refractivity contribution is 5.96. The molecule has 7 heteroatoms. The maximum Gasteiger partial charge on any atom is 0.338 e. The molecule has 2 N–H and O–H groups in total. The number of hydrogen-bond donors (Lipinski definition) is 2. The zero-order valence-corrected chi connectivity index (χ0v) is 12.9. The predicted molar refractivity (Wildman–Crippen MR) is 85.8 cm³/mol. The fourth-order valence-corrected chi connectivity index (χ4v) is 1.72. The van der Waals surface area contributed by atoms with Crippen molar-refractivity contribution in [2.45, 2.75) is 0 Å². The Kier molecular flexibility index (Phi) is 5.90. The van der Waals surface area contributed by atoms with Crippen LogP contribution in [-0.4, -0.2) is 31.6 Å². The lowest BCUT2D eigenvalue weighted by molar-refractivity contribution is -0.123. The zero-order chi connectivity index (χ0) is 17.4. The Morgan fingerprint density at radius 1 is 0.917 bits per heavy atom. The van der Waals surface area contributed by atoms with Crippen molar-refractivity contribution >= 4 is 17.9 Å². The number of urea groups is 1. The molecule has 3 amide bonds. The Morgan fingerprint density at radius 2 is 1.54 bits per heavy atom. The first-order valence-corrected chi connectivity index (χ1v) is 7.10. The molecule has 0 unspecified atom stereocenters. The average Bonchev–Trinajstić information content (AvgIpc) is 2.61. The molecule has 0 spiro atoms. The highest BCUT2D eigenvalue weighted by atomic mass is 16.5. The molecule has 24 heavy (non-hydrogen) atoms. The van der Waals surface area contributed by atoms with Gasteiger partial charge in [0, 0.05) is 7.05 Å².